The van der Waals surface area contributed by atoms with Gasteiger partial charge in [0, 0.05) is 19.0 Å². The van der Waals surface area contributed by atoms with Crippen LogP contribution in [-0.4, -0.2) is 39.8 Å². The number of imidazole rings is 1. The van der Waals surface area contributed by atoms with E-state index in [0.717, 1.165) is 25.9 Å². The van der Waals surface area contributed by atoms with Crippen LogP contribution < -0.4 is 0 Å². The Kier molecular flexibility index (Phi) is 4.83. The molecule has 0 aliphatic carbocycles. The molecule has 2 heterocycles. The van der Waals surface area contributed by atoms with Gasteiger partial charge in [-0.15, -0.1) is 0 Å². The Morgan fingerprint density at radius 2 is 2.20 bits per heavy atom. The van der Waals surface area contributed by atoms with Crippen molar-refractivity contribution in [3.63, 3.8) is 0 Å². The van der Waals surface area contributed by atoms with Crippen molar-refractivity contribution in [2.45, 2.75) is 58.5 Å². The first-order valence-electron chi connectivity index (χ1n) is 7.32. The molecule has 0 amide bonds. The number of hydrogen-bond donors (Lipinski definition) is 1. The molecule has 0 saturated carbocycles. The van der Waals surface area contributed by atoms with Gasteiger partial charge >= 0.3 is 0 Å². The molecule has 1 N–H and O–H groups in total. The van der Waals surface area contributed by atoms with E-state index in [-0.39, 0.29) is 18.3 Å². The minimum absolute atomic E-state index is 0.180. The van der Waals surface area contributed by atoms with Crippen LogP contribution in [0, 0.1) is 5.41 Å². The van der Waals surface area contributed by atoms with Gasteiger partial charge in [0.15, 0.2) is 6.29 Å². The normalized spacial score (nSPS) is 23.5. The van der Waals surface area contributed by atoms with Crippen LogP contribution in [0.3, 0.4) is 0 Å². The van der Waals surface area contributed by atoms with E-state index in [1.807, 2.05) is 31.5 Å². The van der Waals surface area contributed by atoms with Crippen molar-refractivity contribution in [3.05, 3.63) is 18.7 Å². The lowest BCUT2D eigenvalue weighted by Crippen LogP contribution is -2.51. The lowest BCUT2D eigenvalue weighted by Gasteiger charge is -2.41. The highest BCUT2D eigenvalue weighted by Crippen LogP contribution is 2.33. The first-order chi connectivity index (χ1) is 9.41. The summed E-state index contributed by atoms with van der Waals surface area (Å²) in [5, 5.41) is 11.0. The number of aromatic nitrogens is 2. The number of rotatable bonds is 5. The monoisotopic (exact) mass is 282 g/mol. The average Bonchev–Trinajstić information content (AvgIpc) is 2.89. The highest BCUT2D eigenvalue weighted by molar-refractivity contribution is 4.92. The topological polar surface area (TPSA) is 56.5 Å². The molecule has 5 heteroatoms. The third kappa shape index (κ3) is 3.81. The zero-order chi connectivity index (χ0) is 14.6. The Morgan fingerprint density at radius 3 is 2.75 bits per heavy atom. The van der Waals surface area contributed by atoms with E-state index in [1.165, 1.54) is 0 Å². The Labute approximate surface area is 120 Å². The maximum absolute atomic E-state index is 11.0. The highest BCUT2D eigenvalue weighted by Gasteiger charge is 2.41. The summed E-state index contributed by atoms with van der Waals surface area (Å²) in [6.07, 6.45) is 8.24. The fourth-order valence-electron chi connectivity index (χ4n) is 2.26. The molecule has 20 heavy (non-hydrogen) atoms. The standard InChI is InChI=1S/C15H26N2O3/c1-14(2,3)15(18,10-17-8-7-16-12-17)11-20-13-6-4-5-9-19-13/h7-8,12-13,18H,4-6,9-11H2,1-3H3. The fourth-order valence-corrected chi connectivity index (χ4v) is 2.26. The third-order valence-corrected chi connectivity index (χ3v) is 4.05. The zero-order valence-corrected chi connectivity index (χ0v) is 12.7. The van der Waals surface area contributed by atoms with Crippen molar-refractivity contribution in [1.82, 2.24) is 9.55 Å². The number of hydrogen-bond acceptors (Lipinski definition) is 4. The highest BCUT2D eigenvalue weighted by atomic mass is 16.7. The first-order valence-corrected chi connectivity index (χ1v) is 7.32. The molecule has 2 unspecified atom stereocenters. The van der Waals surface area contributed by atoms with Gasteiger partial charge in [0.25, 0.3) is 0 Å². The average molecular weight is 282 g/mol. The van der Waals surface area contributed by atoms with E-state index in [9.17, 15) is 5.11 Å². The fraction of sp³-hybridized carbons (Fsp3) is 0.800. The van der Waals surface area contributed by atoms with Crippen LogP contribution >= 0.6 is 0 Å². The van der Waals surface area contributed by atoms with Crippen LogP contribution in [0.1, 0.15) is 40.0 Å². The SMILES string of the molecule is CC(C)(C)C(O)(COC1CCCCO1)Cn1ccnc1. The molecule has 5 nitrogen and oxygen atoms in total. The molecular formula is C15H26N2O3. The molecule has 1 aromatic heterocycles. The largest absolute Gasteiger partial charge is 0.385 e. The smallest absolute Gasteiger partial charge is 0.157 e. The molecule has 0 spiro atoms. The van der Waals surface area contributed by atoms with Crippen LogP contribution in [-0.2, 0) is 16.0 Å². The van der Waals surface area contributed by atoms with Crippen molar-refractivity contribution in [1.29, 1.82) is 0 Å². The molecule has 2 rings (SSSR count). The number of nitrogens with zero attached hydrogens (tertiary/aromatic N) is 2. The lowest BCUT2D eigenvalue weighted by molar-refractivity contribution is -0.211. The minimum Gasteiger partial charge on any atom is -0.385 e. The van der Waals surface area contributed by atoms with Crippen molar-refractivity contribution < 1.29 is 14.6 Å². The summed E-state index contributed by atoms with van der Waals surface area (Å²) in [7, 11) is 0. The van der Waals surface area contributed by atoms with E-state index >= 15 is 0 Å². The Morgan fingerprint density at radius 1 is 1.40 bits per heavy atom. The Bertz CT molecular complexity index is 394. The quantitative estimate of drug-likeness (QED) is 0.899. The van der Waals surface area contributed by atoms with Crippen molar-refractivity contribution in [2.75, 3.05) is 13.2 Å². The predicted octanol–water partition coefficient (Wildman–Crippen LogP) is 2.20. The maximum Gasteiger partial charge on any atom is 0.157 e. The number of ether oxygens (including phenoxy) is 2. The van der Waals surface area contributed by atoms with Gasteiger partial charge < -0.3 is 19.1 Å². The molecule has 1 aliphatic rings. The van der Waals surface area contributed by atoms with Crippen molar-refractivity contribution >= 4 is 0 Å². The summed E-state index contributed by atoms with van der Waals surface area (Å²) in [5.41, 5.74) is -1.26. The van der Waals surface area contributed by atoms with E-state index < -0.39 is 5.60 Å². The van der Waals surface area contributed by atoms with Crippen molar-refractivity contribution in [2.24, 2.45) is 5.41 Å². The molecule has 1 aromatic rings. The second kappa shape index (κ2) is 6.24. The molecule has 0 aromatic carbocycles. The van der Waals surface area contributed by atoms with Gasteiger partial charge in [0.1, 0.15) is 5.60 Å². The van der Waals surface area contributed by atoms with Gasteiger partial charge in [0.05, 0.1) is 19.5 Å². The zero-order valence-electron chi connectivity index (χ0n) is 12.7. The molecule has 0 bridgehead atoms. The van der Waals surface area contributed by atoms with Crippen LogP contribution in [0.15, 0.2) is 18.7 Å². The summed E-state index contributed by atoms with van der Waals surface area (Å²) in [4.78, 5) is 4.02. The van der Waals surface area contributed by atoms with Gasteiger partial charge in [-0.05, 0) is 24.7 Å². The second-order valence-electron chi connectivity index (χ2n) is 6.62. The Balaban J connectivity index is 1.99. The van der Waals surface area contributed by atoms with Gasteiger partial charge in [0.2, 0.25) is 0 Å². The van der Waals surface area contributed by atoms with E-state index in [1.54, 1.807) is 12.5 Å². The summed E-state index contributed by atoms with van der Waals surface area (Å²) >= 11 is 0. The summed E-state index contributed by atoms with van der Waals surface area (Å²) in [6, 6.07) is 0. The molecule has 114 valence electrons. The van der Waals surface area contributed by atoms with Crippen LogP contribution in [0.4, 0.5) is 0 Å². The van der Waals surface area contributed by atoms with Crippen LogP contribution in [0.25, 0.3) is 0 Å². The Hall–Kier alpha value is -0.910. The molecule has 2 atom stereocenters. The lowest BCUT2D eigenvalue weighted by atomic mass is 9.76. The van der Waals surface area contributed by atoms with E-state index in [0.29, 0.717) is 6.54 Å². The molecule has 1 aliphatic heterocycles. The summed E-state index contributed by atoms with van der Waals surface area (Å²) in [6.45, 7) is 7.54. The summed E-state index contributed by atoms with van der Waals surface area (Å²) in [5.74, 6) is 0. The van der Waals surface area contributed by atoms with Gasteiger partial charge in [-0.2, -0.15) is 0 Å². The number of aliphatic hydroxyl groups is 1. The maximum atomic E-state index is 11.0. The van der Waals surface area contributed by atoms with E-state index in [4.69, 9.17) is 9.47 Å². The molecular weight excluding hydrogens is 256 g/mol. The van der Waals surface area contributed by atoms with Crippen molar-refractivity contribution in [3.8, 4) is 0 Å². The molecule has 1 saturated heterocycles. The second-order valence-corrected chi connectivity index (χ2v) is 6.62. The third-order valence-electron chi connectivity index (χ3n) is 4.05. The van der Waals surface area contributed by atoms with Gasteiger partial charge in [-0.1, -0.05) is 20.8 Å². The van der Waals surface area contributed by atoms with Crippen LogP contribution in [0.2, 0.25) is 0 Å². The van der Waals surface area contributed by atoms with E-state index in [2.05, 4.69) is 4.98 Å². The minimum atomic E-state index is -0.964. The summed E-state index contributed by atoms with van der Waals surface area (Å²) < 4.78 is 13.3. The van der Waals surface area contributed by atoms with Crippen LogP contribution in [0.5, 0.6) is 0 Å². The predicted molar refractivity (Wildman–Crippen MR) is 76.2 cm³/mol. The van der Waals surface area contributed by atoms with Gasteiger partial charge in [-0.3, -0.25) is 0 Å². The molecule has 1 fully saturated rings. The molecule has 0 radical (unpaired) electrons. The first kappa shape index (κ1) is 15.5. The van der Waals surface area contributed by atoms with Gasteiger partial charge in [-0.25, -0.2) is 4.98 Å².